The zero-order valence-corrected chi connectivity index (χ0v) is 59.2. The minimum absolute atomic E-state index is 0.288. The zero-order chi connectivity index (χ0) is 70.7. The van der Waals surface area contributed by atoms with E-state index in [-0.39, 0.29) is 6.71 Å². The predicted molar refractivity (Wildman–Crippen MR) is 449 cm³/mol. The molecule has 0 atom stereocenters. The van der Waals surface area contributed by atoms with E-state index in [2.05, 4.69) is 390 Å². The van der Waals surface area contributed by atoms with Crippen LogP contribution in [-0.4, -0.2) is 11.3 Å². The lowest BCUT2D eigenvalue weighted by molar-refractivity contribution is 0.791. The van der Waals surface area contributed by atoms with Gasteiger partial charge in [0.25, 0.3) is 6.71 Å². The zero-order valence-electron chi connectivity index (χ0n) is 59.2. The van der Waals surface area contributed by atoms with Crippen LogP contribution in [-0.2, 0) is 16.2 Å². The van der Waals surface area contributed by atoms with Gasteiger partial charge in [-0.15, -0.1) is 0 Å². The maximum absolute atomic E-state index is 2.85. The van der Waals surface area contributed by atoms with Crippen molar-refractivity contribution in [1.29, 1.82) is 0 Å². The summed E-state index contributed by atoms with van der Waals surface area (Å²) in [7, 11) is 0. The molecule has 3 spiro atoms. The summed E-state index contributed by atoms with van der Waals surface area (Å²) in [4.78, 5) is 5.59. The molecule has 0 saturated heterocycles. The molecule has 8 aliphatic rings. The number of aromatic nitrogens is 1. The molecular weight excluding hydrogens is 1310 g/mol. The summed E-state index contributed by atoms with van der Waals surface area (Å²) < 4.78 is 2.59. The van der Waals surface area contributed by atoms with Gasteiger partial charge in [-0.1, -0.05) is 334 Å². The summed E-state index contributed by atoms with van der Waals surface area (Å²) in [5.41, 5.74) is 45.7. The Kier molecular flexibility index (Phi) is 11.2. The molecule has 17 aromatic carbocycles. The van der Waals surface area contributed by atoms with Crippen molar-refractivity contribution in [1.82, 2.24) is 4.57 Å². The van der Waals surface area contributed by atoms with Crippen molar-refractivity contribution in [3.63, 3.8) is 0 Å². The van der Waals surface area contributed by atoms with Gasteiger partial charge in [0.05, 0.1) is 38.7 Å². The van der Waals surface area contributed by atoms with Crippen molar-refractivity contribution in [2.24, 2.45) is 0 Å². The van der Waals surface area contributed by atoms with Gasteiger partial charge in [0, 0.05) is 55.9 Å². The largest absolute Gasteiger partial charge is 0.311 e. The van der Waals surface area contributed by atoms with Crippen LogP contribution in [0.15, 0.2) is 376 Å². The molecule has 6 aliphatic carbocycles. The predicted octanol–water partition coefficient (Wildman–Crippen LogP) is 23.6. The second-order valence-corrected chi connectivity index (χ2v) is 31.0. The third kappa shape index (κ3) is 6.88. The van der Waals surface area contributed by atoms with Gasteiger partial charge in [0.2, 0.25) is 0 Å². The number of benzene rings is 17. The first-order valence-electron chi connectivity index (χ1n) is 38.4. The average molecular weight is 1380 g/mol. The molecule has 18 aromatic rings. The second-order valence-electron chi connectivity index (χ2n) is 31.0. The van der Waals surface area contributed by atoms with Crippen LogP contribution >= 0.6 is 0 Å². The molecule has 4 heteroatoms. The molecule has 0 fully saturated rings. The van der Waals surface area contributed by atoms with E-state index < -0.39 is 16.2 Å². The van der Waals surface area contributed by atoms with E-state index in [1.165, 1.54) is 183 Å². The van der Waals surface area contributed by atoms with Crippen molar-refractivity contribution in [2.75, 3.05) is 9.80 Å². The third-order valence-electron chi connectivity index (χ3n) is 26.6. The van der Waals surface area contributed by atoms with E-state index in [0.29, 0.717) is 0 Å². The van der Waals surface area contributed by atoms with Crippen LogP contribution in [0.25, 0.3) is 105 Å². The number of para-hydroxylation sites is 2. The summed E-state index contributed by atoms with van der Waals surface area (Å²) in [6.07, 6.45) is 0. The minimum atomic E-state index is -0.710. The van der Waals surface area contributed by atoms with E-state index in [1.807, 2.05) is 0 Å². The van der Waals surface area contributed by atoms with Gasteiger partial charge in [-0.05, 0) is 187 Å². The molecule has 500 valence electrons. The maximum Gasteiger partial charge on any atom is 0.252 e. The lowest BCUT2D eigenvalue weighted by atomic mass is 9.33. The first-order chi connectivity index (χ1) is 54.1. The quantitative estimate of drug-likeness (QED) is 0.163. The smallest absolute Gasteiger partial charge is 0.252 e. The second kappa shape index (κ2) is 20.8. The Labute approximate surface area is 631 Å². The van der Waals surface area contributed by atoms with E-state index in [9.17, 15) is 0 Å². The summed E-state index contributed by atoms with van der Waals surface area (Å²) in [6.45, 7) is -0.288. The highest BCUT2D eigenvalue weighted by Crippen LogP contribution is 2.70. The van der Waals surface area contributed by atoms with Crippen LogP contribution in [0.2, 0.25) is 0 Å². The van der Waals surface area contributed by atoms with E-state index in [4.69, 9.17) is 0 Å². The van der Waals surface area contributed by atoms with Crippen molar-refractivity contribution in [3.8, 4) is 83.6 Å². The number of hydrogen-bond donors (Lipinski definition) is 0. The molecule has 26 rings (SSSR count). The standard InChI is InChI=1S/C105H62BN3/c1-2-27-63(28-3-1)64-53-55-65(56-54-64)108-95-61-66(107-92-50-24-13-36-74(92)75-37-14-25-51-93(75)107)62-96-100(95)106(90-59-57-88-97(101(90)108)77-38-11-22-48-86(77)103(88)79-41-15-4-29-67(79)68-30-5-16-42-80(68)103)91-60-58-89-98(78-39-12-23-49-87(78)104(89)81-43-17-6-31-69(81)70-32-7-18-44-82(70)104)102(91)109(96)94-52-26-40-76-73-35-10-21-47-85(73)105(99(76)94)83-45-19-8-33-71(83)72-34-9-20-46-84(72)105/h1-62H. The highest BCUT2D eigenvalue weighted by atomic mass is 15.2. The van der Waals surface area contributed by atoms with Gasteiger partial charge in [0.1, 0.15) is 0 Å². The van der Waals surface area contributed by atoms with Gasteiger partial charge in [-0.2, -0.15) is 0 Å². The Morgan fingerprint density at radius 3 is 1.01 bits per heavy atom. The Morgan fingerprint density at radius 2 is 0.560 bits per heavy atom. The summed E-state index contributed by atoms with van der Waals surface area (Å²) >= 11 is 0. The van der Waals surface area contributed by atoms with E-state index in [1.54, 1.807) is 0 Å². The molecule has 0 radical (unpaired) electrons. The first kappa shape index (κ1) is 58.5. The number of nitrogens with zero attached hydrogens (tertiary/aromatic N) is 3. The Morgan fingerprint density at radius 1 is 0.220 bits per heavy atom. The monoisotopic (exact) mass is 1380 g/mol. The Bertz CT molecular complexity index is 6950. The van der Waals surface area contributed by atoms with Crippen LogP contribution in [0.4, 0.5) is 34.1 Å². The van der Waals surface area contributed by atoms with E-state index >= 15 is 0 Å². The Hall–Kier alpha value is -13.8. The van der Waals surface area contributed by atoms with Gasteiger partial charge < -0.3 is 14.4 Å². The fraction of sp³-hybridized carbons (Fsp3) is 0.0286. The average Bonchev–Trinajstić information content (AvgIpc) is 1.53. The highest BCUT2D eigenvalue weighted by molar-refractivity contribution is 7.00. The fourth-order valence-electron chi connectivity index (χ4n) is 22.9. The summed E-state index contributed by atoms with van der Waals surface area (Å²) in [5, 5.41) is 2.44. The lowest BCUT2D eigenvalue weighted by Gasteiger charge is -2.47. The van der Waals surface area contributed by atoms with Gasteiger partial charge >= 0.3 is 0 Å². The molecule has 1 aromatic heterocycles. The molecule has 0 unspecified atom stereocenters. The van der Waals surface area contributed by atoms with Gasteiger partial charge in [-0.3, -0.25) is 0 Å². The molecule has 3 heterocycles. The summed E-state index contributed by atoms with van der Waals surface area (Å²) in [6, 6.07) is 146. The minimum Gasteiger partial charge on any atom is -0.311 e. The molecule has 109 heavy (non-hydrogen) atoms. The Balaban J connectivity index is 0.868. The van der Waals surface area contributed by atoms with Gasteiger partial charge in [-0.25, -0.2) is 0 Å². The molecule has 2 aliphatic heterocycles. The van der Waals surface area contributed by atoms with Crippen molar-refractivity contribution in [3.05, 3.63) is 443 Å². The molecular formula is C105H62BN3. The number of fused-ring (bicyclic) bond motifs is 39. The number of rotatable bonds is 4. The number of anilines is 6. The maximum atomic E-state index is 2.85. The van der Waals surface area contributed by atoms with Crippen molar-refractivity contribution < 1.29 is 0 Å². The van der Waals surface area contributed by atoms with Gasteiger partial charge in [0.15, 0.2) is 0 Å². The van der Waals surface area contributed by atoms with E-state index in [0.717, 1.165) is 39.5 Å². The van der Waals surface area contributed by atoms with Crippen LogP contribution in [0.5, 0.6) is 0 Å². The molecule has 0 saturated carbocycles. The number of hydrogen-bond acceptors (Lipinski definition) is 2. The van der Waals surface area contributed by atoms with Crippen LogP contribution in [0.1, 0.15) is 66.8 Å². The van der Waals surface area contributed by atoms with Crippen LogP contribution in [0, 0.1) is 0 Å². The van der Waals surface area contributed by atoms with Crippen molar-refractivity contribution in [2.45, 2.75) is 16.2 Å². The fourth-order valence-corrected chi connectivity index (χ4v) is 22.9. The topological polar surface area (TPSA) is 11.4 Å². The third-order valence-corrected chi connectivity index (χ3v) is 26.6. The normalized spacial score (nSPS) is 15.0. The first-order valence-corrected chi connectivity index (χ1v) is 38.4. The SMILES string of the molecule is c1ccc(-c2ccc(N3c4cc(-n5c6ccccc6c6ccccc65)cc5c4B(c4ccc6c(c43)-c3ccccc3C63c4ccccc4-c4ccccc43)c3ccc4c(c3N5c3cccc5c3C3(c6ccccc6-c6ccccc63)c3ccccc3-5)-c3ccccc3C43c4ccccc4-c4ccccc43)cc2)cc1. The molecule has 0 N–H and O–H groups in total. The summed E-state index contributed by atoms with van der Waals surface area (Å²) in [5.74, 6) is 0. The van der Waals surface area contributed by atoms with Crippen molar-refractivity contribution >= 4 is 79.0 Å². The van der Waals surface area contributed by atoms with Crippen LogP contribution < -0.4 is 26.2 Å². The highest BCUT2D eigenvalue weighted by Gasteiger charge is 2.60. The molecule has 0 bridgehead atoms. The van der Waals surface area contributed by atoms with Crippen LogP contribution in [0.3, 0.4) is 0 Å². The molecule has 3 nitrogen and oxygen atoms in total. The molecule has 0 amide bonds. The lowest BCUT2D eigenvalue weighted by Crippen LogP contribution is -2.62.